The molecule has 8 heteroatoms. The number of ether oxygens (including phenoxy) is 2. The SMILES string of the molecule is C\C=C/C(OC)=C(C)/C(C)=N/N(Cc1ccc2cc(OC)ccc2c1)C(CCCC)c1ccc(C(=O)NCCC(=O)O)cc1. The molecule has 0 aliphatic heterocycles. The molecule has 0 aliphatic carbocycles. The summed E-state index contributed by atoms with van der Waals surface area (Å²) in [5, 5.41) is 21.1. The highest BCUT2D eigenvalue weighted by molar-refractivity contribution is 5.98. The van der Waals surface area contributed by atoms with E-state index in [2.05, 4.69) is 41.5 Å². The molecule has 0 heterocycles. The molecule has 8 nitrogen and oxygen atoms in total. The van der Waals surface area contributed by atoms with Gasteiger partial charge in [-0.15, -0.1) is 0 Å². The molecule has 3 aromatic rings. The standard InChI is InChI=1S/C36H45N3O5/c1-7-9-11-33(28-14-16-29(17-15-28)36(42)37-21-20-35(40)41)39(38-26(4)25(3)34(44-6)10-8-2)24-27-12-13-31-23-32(43-5)19-18-30(31)22-27/h8,10,12-19,22-23,33H,7,9,11,20-21,24H2,1-6H3,(H,37,42)(H,40,41)/b10-8-,34-25-,38-26+. The third-order valence-corrected chi connectivity index (χ3v) is 7.56. The lowest BCUT2D eigenvalue weighted by atomic mass is 9.98. The van der Waals surface area contributed by atoms with Crippen molar-refractivity contribution in [2.75, 3.05) is 20.8 Å². The first kappa shape index (κ1) is 33.9. The van der Waals surface area contributed by atoms with Crippen LogP contribution in [0.2, 0.25) is 0 Å². The van der Waals surface area contributed by atoms with Crippen LogP contribution in [-0.4, -0.2) is 48.5 Å². The predicted molar refractivity (Wildman–Crippen MR) is 177 cm³/mol. The number of carboxylic acid groups (broad SMARTS) is 1. The average molecular weight is 600 g/mol. The smallest absolute Gasteiger partial charge is 0.305 e. The van der Waals surface area contributed by atoms with Crippen molar-refractivity contribution in [3.05, 3.63) is 101 Å². The summed E-state index contributed by atoms with van der Waals surface area (Å²) in [7, 11) is 3.34. The van der Waals surface area contributed by atoms with Crippen LogP contribution in [0.4, 0.5) is 0 Å². The van der Waals surface area contributed by atoms with E-state index in [0.717, 1.165) is 64.0 Å². The molecule has 1 amide bonds. The molecule has 0 fully saturated rings. The minimum atomic E-state index is -0.949. The Balaban J connectivity index is 2.04. The fourth-order valence-corrected chi connectivity index (χ4v) is 4.97. The van der Waals surface area contributed by atoms with Crippen LogP contribution in [0.25, 0.3) is 10.8 Å². The molecule has 0 radical (unpaired) electrons. The Morgan fingerprint density at radius 2 is 1.73 bits per heavy atom. The highest BCUT2D eigenvalue weighted by Gasteiger charge is 2.21. The van der Waals surface area contributed by atoms with E-state index < -0.39 is 5.97 Å². The van der Waals surface area contributed by atoms with Crippen molar-refractivity contribution in [1.82, 2.24) is 10.3 Å². The second-order valence-corrected chi connectivity index (χ2v) is 10.7. The number of aliphatic carboxylic acids is 1. The van der Waals surface area contributed by atoms with Crippen molar-refractivity contribution in [3.63, 3.8) is 0 Å². The van der Waals surface area contributed by atoms with Crippen LogP contribution >= 0.6 is 0 Å². The summed E-state index contributed by atoms with van der Waals surface area (Å²) in [5.74, 6) is 0.341. The number of hydrogen-bond donors (Lipinski definition) is 2. The number of methoxy groups -OCH3 is 2. The number of benzene rings is 3. The molecular weight excluding hydrogens is 554 g/mol. The third-order valence-electron chi connectivity index (χ3n) is 7.56. The van der Waals surface area contributed by atoms with Gasteiger partial charge in [0.15, 0.2) is 0 Å². The number of allylic oxidation sites excluding steroid dienone is 3. The van der Waals surface area contributed by atoms with Crippen LogP contribution in [-0.2, 0) is 16.1 Å². The molecule has 0 aliphatic rings. The molecular formula is C36H45N3O5. The Labute approximate surface area is 261 Å². The number of nitrogens with one attached hydrogen (secondary N) is 1. The molecule has 0 spiro atoms. The maximum absolute atomic E-state index is 12.6. The van der Waals surface area contributed by atoms with Gasteiger partial charge in [0.1, 0.15) is 11.5 Å². The Morgan fingerprint density at radius 1 is 1.02 bits per heavy atom. The number of carbonyl (C=O) groups is 2. The number of carbonyl (C=O) groups excluding carboxylic acids is 1. The second-order valence-electron chi connectivity index (χ2n) is 10.7. The number of nitrogens with zero attached hydrogens (tertiary/aromatic N) is 2. The lowest BCUT2D eigenvalue weighted by molar-refractivity contribution is -0.136. The number of hydrogen-bond acceptors (Lipinski definition) is 6. The van der Waals surface area contributed by atoms with E-state index in [1.54, 1.807) is 26.4 Å². The number of unbranched alkanes of at least 4 members (excludes halogenated alkanes) is 1. The highest BCUT2D eigenvalue weighted by Crippen LogP contribution is 2.31. The van der Waals surface area contributed by atoms with Gasteiger partial charge >= 0.3 is 5.97 Å². The Hall–Kier alpha value is -4.59. The molecule has 0 bridgehead atoms. The van der Waals surface area contributed by atoms with E-state index in [9.17, 15) is 9.59 Å². The van der Waals surface area contributed by atoms with Gasteiger partial charge in [-0.3, -0.25) is 14.6 Å². The first-order valence-electron chi connectivity index (χ1n) is 15.1. The quantitative estimate of drug-likeness (QED) is 0.0759. The van der Waals surface area contributed by atoms with Crippen molar-refractivity contribution >= 4 is 28.4 Å². The fraction of sp³-hybridized carbons (Fsp3) is 0.361. The lowest BCUT2D eigenvalue weighted by Gasteiger charge is -2.31. The number of hydrazone groups is 1. The monoisotopic (exact) mass is 599 g/mol. The summed E-state index contributed by atoms with van der Waals surface area (Å²) in [4.78, 5) is 23.4. The molecule has 0 saturated carbocycles. The summed E-state index contributed by atoms with van der Waals surface area (Å²) < 4.78 is 11.0. The van der Waals surface area contributed by atoms with Crippen molar-refractivity contribution in [3.8, 4) is 5.75 Å². The van der Waals surface area contributed by atoms with Gasteiger partial charge in [-0.05, 0) is 85.5 Å². The summed E-state index contributed by atoms with van der Waals surface area (Å²) >= 11 is 0. The van der Waals surface area contributed by atoms with E-state index in [1.807, 2.05) is 57.2 Å². The van der Waals surface area contributed by atoms with Gasteiger partial charge in [-0.1, -0.05) is 56.2 Å². The minimum absolute atomic E-state index is 0.0545. The molecule has 0 saturated heterocycles. The number of amides is 1. The Bertz CT molecular complexity index is 1510. The van der Waals surface area contributed by atoms with Crippen molar-refractivity contribution in [1.29, 1.82) is 0 Å². The lowest BCUT2D eigenvalue weighted by Crippen LogP contribution is -2.27. The van der Waals surface area contributed by atoms with Crippen molar-refractivity contribution < 1.29 is 24.2 Å². The maximum Gasteiger partial charge on any atom is 0.305 e. The molecule has 44 heavy (non-hydrogen) atoms. The summed E-state index contributed by atoms with van der Waals surface area (Å²) in [6.07, 6.45) is 6.66. The van der Waals surface area contributed by atoms with Gasteiger partial charge in [0.05, 0.1) is 38.9 Å². The van der Waals surface area contributed by atoms with E-state index in [0.29, 0.717) is 12.1 Å². The summed E-state index contributed by atoms with van der Waals surface area (Å²) in [6.45, 7) is 8.80. The number of fused-ring (bicyclic) bond motifs is 1. The molecule has 3 aromatic carbocycles. The normalized spacial score (nSPS) is 13.0. The van der Waals surface area contributed by atoms with Gasteiger partial charge in [-0.2, -0.15) is 5.10 Å². The fourth-order valence-electron chi connectivity index (χ4n) is 4.97. The van der Waals surface area contributed by atoms with E-state index in [-0.39, 0.29) is 24.9 Å². The topological polar surface area (TPSA) is 100 Å². The van der Waals surface area contributed by atoms with Crippen LogP contribution < -0.4 is 10.1 Å². The molecule has 234 valence electrons. The zero-order valence-electron chi connectivity index (χ0n) is 26.7. The second kappa shape index (κ2) is 16.9. The van der Waals surface area contributed by atoms with Crippen LogP contribution in [0.15, 0.2) is 89.2 Å². The van der Waals surface area contributed by atoms with Crippen LogP contribution in [0.1, 0.15) is 80.9 Å². The van der Waals surface area contributed by atoms with Crippen LogP contribution in [0.5, 0.6) is 5.75 Å². The van der Waals surface area contributed by atoms with Gasteiger partial charge in [0, 0.05) is 17.7 Å². The van der Waals surface area contributed by atoms with Gasteiger partial charge in [0.25, 0.3) is 5.91 Å². The Morgan fingerprint density at radius 3 is 2.36 bits per heavy atom. The van der Waals surface area contributed by atoms with Crippen LogP contribution in [0, 0.1) is 0 Å². The number of rotatable bonds is 16. The van der Waals surface area contributed by atoms with Crippen molar-refractivity contribution in [2.45, 2.75) is 66.0 Å². The van der Waals surface area contributed by atoms with Gasteiger partial charge in [-0.25, -0.2) is 0 Å². The van der Waals surface area contributed by atoms with Crippen molar-refractivity contribution in [2.24, 2.45) is 5.10 Å². The predicted octanol–water partition coefficient (Wildman–Crippen LogP) is 7.66. The van der Waals surface area contributed by atoms with Gasteiger partial charge < -0.3 is 19.9 Å². The maximum atomic E-state index is 12.6. The first-order chi connectivity index (χ1) is 21.2. The molecule has 1 unspecified atom stereocenters. The minimum Gasteiger partial charge on any atom is -0.497 e. The van der Waals surface area contributed by atoms with Crippen LogP contribution in [0.3, 0.4) is 0 Å². The van der Waals surface area contributed by atoms with E-state index in [1.165, 1.54) is 0 Å². The van der Waals surface area contributed by atoms with E-state index in [4.69, 9.17) is 19.7 Å². The number of carboxylic acids is 1. The van der Waals surface area contributed by atoms with Gasteiger partial charge in [0.2, 0.25) is 0 Å². The largest absolute Gasteiger partial charge is 0.497 e. The summed E-state index contributed by atoms with van der Waals surface area (Å²) in [6, 6.07) is 20.0. The molecule has 2 N–H and O–H groups in total. The average Bonchev–Trinajstić information content (AvgIpc) is 3.03. The third kappa shape index (κ3) is 9.46. The first-order valence-corrected chi connectivity index (χ1v) is 15.1. The zero-order valence-corrected chi connectivity index (χ0v) is 26.7. The molecule has 0 aromatic heterocycles. The zero-order chi connectivity index (χ0) is 32.1. The Kier molecular flexibility index (Phi) is 13.0. The molecule has 1 atom stereocenters. The highest BCUT2D eigenvalue weighted by atomic mass is 16.5. The van der Waals surface area contributed by atoms with E-state index >= 15 is 0 Å². The summed E-state index contributed by atoms with van der Waals surface area (Å²) in [5.41, 5.74) is 4.45. The molecule has 3 rings (SSSR count).